The second-order valence-electron chi connectivity index (χ2n) is 5.14. The van der Waals surface area contributed by atoms with Gasteiger partial charge in [-0.2, -0.15) is 10.1 Å². The van der Waals surface area contributed by atoms with Gasteiger partial charge in [0.05, 0.1) is 6.20 Å². The van der Waals surface area contributed by atoms with E-state index in [1.54, 1.807) is 18.3 Å². The van der Waals surface area contributed by atoms with E-state index in [1.165, 1.54) is 11.1 Å². The predicted molar refractivity (Wildman–Crippen MR) is 93.1 cm³/mol. The number of rotatable bonds is 5. The van der Waals surface area contributed by atoms with Crippen LogP contribution in [0.1, 0.15) is 11.1 Å². The Hall–Kier alpha value is -2.66. The minimum atomic E-state index is 0.432. The van der Waals surface area contributed by atoms with Crippen molar-refractivity contribution >= 4 is 29.1 Å². The Morgan fingerprint density at radius 1 is 1.00 bits per heavy atom. The number of hydrogen-bond donors (Lipinski definition) is 2. The van der Waals surface area contributed by atoms with Crippen molar-refractivity contribution in [1.29, 1.82) is 0 Å². The zero-order chi connectivity index (χ0) is 16.1. The minimum Gasteiger partial charge on any atom is -0.365 e. The molecular formula is C17H16ClN5. The molecule has 3 rings (SSSR count). The Morgan fingerprint density at radius 3 is 2.48 bits per heavy atom. The van der Waals surface area contributed by atoms with Gasteiger partial charge < -0.3 is 10.6 Å². The lowest BCUT2D eigenvalue weighted by Gasteiger charge is -2.08. The van der Waals surface area contributed by atoms with Gasteiger partial charge in [0, 0.05) is 17.3 Å². The average Bonchev–Trinajstić information content (AvgIpc) is 2.57. The molecule has 0 aliphatic heterocycles. The molecule has 2 aromatic carbocycles. The molecule has 0 amide bonds. The van der Waals surface area contributed by atoms with Gasteiger partial charge in [0.2, 0.25) is 5.95 Å². The molecule has 23 heavy (non-hydrogen) atoms. The van der Waals surface area contributed by atoms with E-state index in [2.05, 4.69) is 57.0 Å². The van der Waals surface area contributed by atoms with E-state index in [0.717, 1.165) is 5.69 Å². The highest BCUT2D eigenvalue weighted by Crippen LogP contribution is 2.17. The first-order valence-corrected chi connectivity index (χ1v) is 7.58. The lowest BCUT2D eigenvalue weighted by Crippen LogP contribution is -2.05. The second-order valence-corrected chi connectivity index (χ2v) is 5.57. The van der Waals surface area contributed by atoms with Gasteiger partial charge in [-0.25, -0.2) is 0 Å². The molecule has 0 spiro atoms. The zero-order valence-corrected chi connectivity index (χ0v) is 13.4. The minimum absolute atomic E-state index is 0.432. The summed E-state index contributed by atoms with van der Waals surface area (Å²) in [7, 11) is 0. The quantitative estimate of drug-likeness (QED) is 0.736. The maximum Gasteiger partial charge on any atom is 0.249 e. The number of hydrogen-bond acceptors (Lipinski definition) is 5. The highest BCUT2D eigenvalue weighted by Gasteiger charge is 2.02. The molecule has 0 aliphatic carbocycles. The molecule has 0 fully saturated rings. The van der Waals surface area contributed by atoms with Crippen LogP contribution in [0.4, 0.5) is 17.5 Å². The highest BCUT2D eigenvalue weighted by atomic mass is 35.5. The van der Waals surface area contributed by atoms with Crippen LogP contribution in [0, 0.1) is 6.92 Å². The van der Waals surface area contributed by atoms with Gasteiger partial charge in [-0.15, -0.1) is 5.10 Å². The molecule has 0 bridgehead atoms. The zero-order valence-electron chi connectivity index (χ0n) is 12.6. The Labute approximate surface area is 139 Å². The maximum absolute atomic E-state index is 5.87. The van der Waals surface area contributed by atoms with E-state index in [4.69, 9.17) is 11.6 Å². The van der Waals surface area contributed by atoms with E-state index in [0.29, 0.717) is 23.3 Å². The highest BCUT2D eigenvalue weighted by molar-refractivity contribution is 6.30. The molecule has 1 aromatic heterocycles. The summed E-state index contributed by atoms with van der Waals surface area (Å²) in [5, 5.41) is 15.0. The monoisotopic (exact) mass is 325 g/mol. The van der Waals surface area contributed by atoms with Crippen molar-refractivity contribution in [2.24, 2.45) is 0 Å². The van der Waals surface area contributed by atoms with E-state index in [-0.39, 0.29) is 0 Å². The molecule has 0 atom stereocenters. The Kier molecular flexibility index (Phi) is 4.68. The van der Waals surface area contributed by atoms with E-state index in [9.17, 15) is 0 Å². The molecule has 2 N–H and O–H groups in total. The number of aryl methyl sites for hydroxylation is 1. The standard InChI is InChI=1S/C17H16ClN5/c1-12-2-4-13(5-3-12)10-19-16-11-20-23-17(22-16)21-15-8-6-14(18)7-9-15/h2-9,11H,10H2,1H3,(H2,19,21,22,23). The van der Waals surface area contributed by atoms with Gasteiger partial charge >= 0.3 is 0 Å². The normalized spacial score (nSPS) is 10.3. The van der Waals surface area contributed by atoms with Crippen LogP contribution < -0.4 is 10.6 Å². The first kappa shape index (κ1) is 15.2. The van der Waals surface area contributed by atoms with Gasteiger partial charge in [-0.3, -0.25) is 0 Å². The molecule has 0 aliphatic rings. The topological polar surface area (TPSA) is 62.7 Å². The molecule has 116 valence electrons. The molecule has 1 heterocycles. The molecule has 0 radical (unpaired) electrons. The van der Waals surface area contributed by atoms with Crippen LogP contribution in [-0.2, 0) is 6.54 Å². The molecule has 5 nitrogen and oxygen atoms in total. The fourth-order valence-corrected chi connectivity index (χ4v) is 2.13. The van der Waals surface area contributed by atoms with Crippen LogP contribution >= 0.6 is 11.6 Å². The van der Waals surface area contributed by atoms with Crippen LogP contribution in [-0.4, -0.2) is 15.2 Å². The fraction of sp³-hybridized carbons (Fsp3) is 0.118. The third-order valence-corrected chi connectivity index (χ3v) is 3.51. The lowest BCUT2D eigenvalue weighted by molar-refractivity contribution is 0.966. The van der Waals surface area contributed by atoms with E-state index >= 15 is 0 Å². The number of aromatic nitrogens is 3. The first-order valence-electron chi connectivity index (χ1n) is 7.21. The Morgan fingerprint density at radius 2 is 1.74 bits per heavy atom. The van der Waals surface area contributed by atoms with E-state index < -0.39 is 0 Å². The summed E-state index contributed by atoms with van der Waals surface area (Å²) in [5.41, 5.74) is 3.28. The molecule has 0 unspecified atom stereocenters. The molecule has 6 heteroatoms. The van der Waals surface area contributed by atoms with Crippen LogP contribution in [0.25, 0.3) is 0 Å². The summed E-state index contributed by atoms with van der Waals surface area (Å²) in [6.07, 6.45) is 1.60. The number of nitrogens with zero attached hydrogens (tertiary/aromatic N) is 3. The third-order valence-electron chi connectivity index (χ3n) is 3.25. The maximum atomic E-state index is 5.87. The van der Waals surface area contributed by atoms with Crippen molar-refractivity contribution in [3.8, 4) is 0 Å². The summed E-state index contributed by atoms with van der Waals surface area (Å²) in [6, 6.07) is 15.7. The van der Waals surface area contributed by atoms with Crippen molar-refractivity contribution in [2.75, 3.05) is 10.6 Å². The van der Waals surface area contributed by atoms with E-state index in [1.807, 2.05) is 12.1 Å². The van der Waals surface area contributed by atoms with Crippen molar-refractivity contribution < 1.29 is 0 Å². The number of nitrogens with one attached hydrogen (secondary N) is 2. The molecular weight excluding hydrogens is 310 g/mol. The number of benzene rings is 2. The van der Waals surface area contributed by atoms with Gasteiger partial charge in [-0.1, -0.05) is 41.4 Å². The largest absolute Gasteiger partial charge is 0.365 e. The van der Waals surface area contributed by atoms with Crippen LogP contribution in [0.5, 0.6) is 0 Å². The summed E-state index contributed by atoms with van der Waals surface area (Å²) >= 11 is 5.87. The van der Waals surface area contributed by atoms with Crippen molar-refractivity contribution in [2.45, 2.75) is 13.5 Å². The Bertz CT molecular complexity index is 772. The molecule has 3 aromatic rings. The summed E-state index contributed by atoms with van der Waals surface area (Å²) in [6.45, 7) is 2.75. The lowest BCUT2D eigenvalue weighted by atomic mass is 10.1. The van der Waals surface area contributed by atoms with Crippen LogP contribution in [0.15, 0.2) is 54.7 Å². The SMILES string of the molecule is Cc1ccc(CNc2cnnc(Nc3ccc(Cl)cc3)n2)cc1. The molecule has 0 saturated carbocycles. The number of anilines is 3. The smallest absolute Gasteiger partial charge is 0.249 e. The second kappa shape index (κ2) is 7.07. The summed E-state index contributed by atoms with van der Waals surface area (Å²) in [5.74, 6) is 1.10. The number of halogens is 1. The van der Waals surface area contributed by atoms with Gasteiger partial charge in [0.25, 0.3) is 0 Å². The fourth-order valence-electron chi connectivity index (χ4n) is 2.00. The van der Waals surface area contributed by atoms with Gasteiger partial charge in [-0.05, 0) is 36.8 Å². The van der Waals surface area contributed by atoms with Crippen molar-refractivity contribution in [1.82, 2.24) is 15.2 Å². The third kappa shape index (κ3) is 4.40. The Balaban J connectivity index is 1.65. The molecule has 0 saturated heterocycles. The first-order chi connectivity index (χ1) is 11.2. The van der Waals surface area contributed by atoms with Crippen LogP contribution in [0.2, 0.25) is 5.02 Å². The summed E-state index contributed by atoms with van der Waals surface area (Å²) < 4.78 is 0. The van der Waals surface area contributed by atoms with Crippen molar-refractivity contribution in [3.05, 3.63) is 70.9 Å². The van der Waals surface area contributed by atoms with Crippen molar-refractivity contribution in [3.63, 3.8) is 0 Å². The van der Waals surface area contributed by atoms with Gasteiger partial charge in [0.15, 0.2) is 5.82 Å². The van der Waals surface area contributed by atoms with Gasteiger partial charge in [0.1, 0.15) is 0 Å². The summed E-state index contributed by atoms with van der Waals surface area (Å²) in [4.78, 5) is 4.39. The average molecular weight is 326 g/mol. The van der Waals surface area contributed by atoms with Crippen LogP contribution in [0.3, 0.4) is 0 Å². The predicted octanol–water partition coefficient (Wildman–Crippen LogP) is 4.19.